The standard InChI is InChI=1S/C14H16INO2/c1-14(9-3-2-4-13(14)17)16(18)10-11-5-7-12(15)8-6-11/h5-8,10H,2-4,9H2,1H3/b16-10-/t14-/m0/s1. The molecule has 0 amide bonds. The first kappa shape index (κ1) is 13.5. The van der Waals surface area contributed by atoms with Crippen molar-refractivity contribution in [2.75, 3.05) is 0 Å². The molecule has 0 unspecified atom stereocenters. The van der Waals surface area contributed by atoms with E-state index in [0.29, 0.717) is 12.8 Å². The molecule has 0 spiro atoms. The predicted molar refractivity (Wildman–Crippen MR) is 79.8 cm³/mol. The molecule has 0 aromatic heterocycles. The largest absolute Gasteiger partial charge is 0.623 e. The number of hydrogen-bond donors (Lipinski definition) is 0. The summed E-state index contributed by atoms with van der Waals surface area (Å²) in [5.74, 6) is 0.0607. The van der Waals surface area contributed by atoms with E-state index in [0.717, 1.165) is 26.7 Å². The van der Waals surface area contributed by atoms with Gasteiger partial charge in [0.05, 0.1) is 0 Å². The molecule has 4 heteroatoms. The fraction of sp³-hybridized carbons (Fsp3) is 0.429. The molecule has 1 atom stereocenters. The second kappa shape index (κ2) is 5.38. The molecule has 1 aromatic rings. The lowest BCUT2D eigenvalue weighted by atomic mass is 9.82. The van der Waals surface area contributed by atoms with E-state index < -0.39 is 5.54 Å². The van der Waals surface area contributed by atoms with Gasteiger partial charge in [-0.3, -0.25) is 4.79 Å². The monoisotopic (exact) mass is 357 g/mol. The van der Waals surface area contributed by atoms with E-state index in [4.69, 9.17) is 0 Å². The summed E-state index contributed by atoms with van der Waals surface area (Å²) in [5.41, 5.74) is -0.0358. The van der Waals surface area contributed by atoms with Gasteiger partial charge in [-0.2, -0.15) is 4.74 Å². The van der Waals surface area contributed by atoms with E-state index in [2.05, 4.69) is 22.6 Å². The van der Waals surface area contributed by atoms with Crippen LogP contribution in [0.25, 0.3) is 0 Å². The highest BCUT2D eigenvalue weighted by atomic mass is 127. The quantitative estimate of drug-likeness (QED) is 0.268. The Labute approximate surface area is 121 Å². The highest BCUT2D eigenvalue weighted by Gasteiger charge is 2.42. The van der Waals surface area contributed by atoms with Crippen molar-refractivity contribution in [3.8, 4) is 0 Å². The second-order valence-corrected chi connectivity index (χ2v) is 6.16. The third-order valence-electron chi connectivity index (χ3n) is 3.54. The molecular weight excluding hydrogens is 341 g/mol. The van der Waals surface area contributed by atoms with Crippen LogP contribution in [0.15, 0.2) is 24.3 Å². The molecule has 1 aromatic carbocycles. The summed E-state index contributed by atoms with van der Waals surface area (Å²) in [6.07, 6.45) is 4.55. The Balaban J connectivity index is 2.26. The fourth-order valence-corrected chi connectivity index (χ4v) is 2.58. The van der Waals surface area contributed by atoms with Crippen LogP contribution < -0.4 is 0 Å². The summed E-state index contributed by atoms with van der Waals surface area (Å²) in [5, 5.41) is 12.2. The van der Waals surface area contributed by atoms with Gasteiger partial charge in [0.25, 0.3) is 0 Å². The molecule has 0 aliphatic heterocycles. The number of Topliss-reactive ketones (excluding diaryl/α,β-unsaturated/α-hetero) is 1. The lowest BCUT2D eigenvalue weighted by Gasteiger charge is -2.30. The molecule has 1 saturated carbocycles. The fourth-order valence-electron chi connectivity index (χ4n) is 2.22. The number of carbonyl (C=O) groups is 1. The maximum Gasteiger partial charge on any atom is 0.227 e. The van der Waals surface area contributed by atoms with Gasteiger partial charge in [0.15, 0.2) is 6.21 Å². The van der Waals surface area contributed by atoms with Crippen LogP contribution >= 0.6 is 22.6 Å². The van der Waals surface area contributed by atoms with E-state index in [1.54, 1.807) is 6.92 Å². The lowest BCUT2D eigenvalue weighted by Crippen LogP contribution is -2.46. The normalized spacial score (nSPS) is 25.2. The highest BCUT2D eigenvalue weighted by molar-refractivity contribution is 14.1. The number of rotatable bonds is 2. The summed E-state index contributed by atoms with van der Waals surface area (Å²) in [6, 6.07) is 7.68. The minimum atomic E-state index is -0.874. The summed E-state index contributed by atoms with van der Waals surface area (Å²) in [7, 11) is 0. The van der Waals surface area contributed by atoms with Crippen LogP contribution in [0, 0.1) is 8.78 Å². The van der Waals surface area contributed by atoms with Crippen molar-refractivity contribution in [1.29, 1.82) is 0 Å². The molecule has 18 heavy (non-hydrogen) atoms. The van der Waals surface area contributed by atoms with Crippen molar-refractivity contribution in [3.05, 3.63) is 38.6 Å². The van der Waals surface area contributed by atoms with Crippen LogP contribution in [0.5, 0.6) is 0 Å². The molecule has 96 valence electrons. The van der Waals surface area contributed by atoms with E-state index >= 15 is 0 Å². The van der Waals surface area contributed by atoms with Gasteiger partial charge in [0.2, 0.25) is 11.3 Å². The SMILES string of the molecule is C[C@]1(/[N+]([O-])=C/c2ccc(I)cc2)CCCCC1=O. The third kappa shape index (κ3) is 2.74. The van der Waals surface area contributed by atoms with Gasteiger partial charge >= 0.3 is 0 Å². The van der Waals surface area contributed by atoms with Gasteiger partial charge in [-0.15, -0.1) is 0 Å². The van der Waals surface area contributed by atoms with Gasteiger partial charge < -0.3 is 5.21 Å². The van der Waals surface area contributed by atoms with Crippen LogP contribution in [0.1, 0.15) is 38.2 Å². The van der Waals surface area contributed by atoms with Crippen molar-refractivity contribution in [2.45, 2.75) is 38.1 Å². The molecule has 3 nitrogen and oxygen atoms in total. The molecule has 0 radical (unpaired) electrons. The topological polar surface area (TPSA) is 43.1 Å². The van der Waals surface area contributed by atoms with Crippen molar-refractivity contribution in [2.24, 2.45) is 0 Å². The van der Waals surface area contributed by atoms with Crippen LogP contribution in [0.4, 0.5) is 0 Å². The minimum Gasteiger partial charge on any atom is -0.623 e. The molecule has 1 fully saturated rings. The zero-order valence-electron chi connectivity index (χ0n) is 10.4. The lowest BCUT2D eigenvalue weighted by molar-refractivity contribution is -0.525. The maximum atomic E-state index is 12.2. The van der Waals surface area contributed by atoms with E-state index in [9.17, 15) is 10.0 Å². The average Bonchev–Trinajstić information content (AvgIpc) is 2.36. The Hall–Kier alpha value is -0.910. The molecule has 1 aliphatic carbocycles. The van der Waals surface area contributed by atoms with E-state index in [1.165, 1.54) is 6.21 Å². The summed E-state index contributed by atoms with van der Waals surface area (Å²) < 4.78 is 1.97. The van der Waals surface area contributed by atoms with E-state index in [-0.39, 0.29) is 5.78 Å². The zero-order chi connectivity index (χ0) is 13.2. The Bertz CT molecular complexity index is 481. The van der Waals surface area contributed by atoms with E-state index in [1.807, 2.05) is 24.3 Å². The minimum absolute atomic E-state index is 0.0607. The Morgan fingerprint density at radius 1 is 1.33 bits per heavy atom. The predicted octanol–water partition coefficient (Wildman–Crippen LogP) is 3.12. The van der Waals surface area contributed by atoms with Gasteiger partial charge in [-0.05, 0) is 59.7 Å². The highest BCUT2D eigenvalue weighted by Crippen LogP contribution is 2.27. The summed E-state index contributed by atoms with van der Waals surface area (Å²) >= 11 is 2.22. The zero-order valence-corrected chi connectivity index (χ0v) is 12.5. The molecule has 0 saturated heterocycles. The third-order valence-corrected chi connectivity index (χ3v) is 4.26. The van der Waals surface area contributed by atoms with Crippen molar-refractivity contribution in [1.82, 2.24) is 0 Å². The van der Waals surface area contributed by atoms with Gasteiger partial charge in [0.1, 0.15) is 0 Å². The van der Waals surface area contributed by atoms with Crippen LogP contribution in [0.2, 0.25) is 0 Å². The van der Waals surface area contributed by atoms with Crippen LogP contribution in [-0.4, -0.2) is 22.3 Å². The Kier molecular flexibility index (Phi) is 4.04. The van der Waals surface area contributed by atoms with Crippen LogP contribution in [-0.2, 0) is 4.79 Å². The van der Waals surface area contributed by atoms with Crippen LogP contribution in [0.3, 0.4) is 0 Å². The smallest absolute Gasteiger partial charge is 0.227 e. The first-order chi connectivity index (χ1) is 8.52. The molecule has 0 N–H and O–H groups in total. The number of hydroxylamine groups is 1. The molecule has 0 heterocycles. The molecular formula is C14H16INO2. The number of carbonyl (C=O) groups excluding carboxylic acids is 1. The summed E-state index contributed by atoms with van der Waals surface area (Å²) in [6.45, 7) is 1.75. The molecule has 0 bridgehead atoms. The number of nitrogens with zero attached hydrogens (tertiary/aromatic N) is 1. The summed E-state index contributed by atoms with van der Waals surface area (Å²) in [4.78, 5) is 11.9. The molecule has 2 rings (SSSR count). The Morgan fingerprint density at radius 2 is 2.00 bits per heavy atom. The number of hydrogen-bond acceptors (Lipinski definition) is 2. The van der Waals surface area contributed by atoms with Gasteiger partial charge in [0, 0.05) is 28.9 Å². The Morgan fingerprint density at radius 3 is 2.61 bits per heavy atom. The first-order valence-corrected chi connectivity index (χ1v) is 7.20. The molecule has 1 aliphatic rings. The van der Waals surface area contributed by atoms with Gasteiger partial charge in [-0.1, -0.05) is 0 Å². The van der Waals surface area contributed by atoms with Gasteiger partial charge in [-0.25, -0.2) is 0 Å². The number of benzene rings is 1. The second-order valence-electron chi connectivity index (χ2n) is 4.91. The number of ketones is 1. The average molecular weight is 357 g/mol. The van der Waals surface area contributed by atoms with Crippen molar-refractivity contribution < 1.29 is 9.53 Å². The maximum absolute atomic E-state index is 12.2. The van der Waals surface area contributed by atoms with Crippen molar-refractivity contribution >= 4 is 34.6 Å². The van der Waals surface area contributed by atoms with Crippen molar-refractivity contribution in [3.63, 3.8) is 0 Å². The first-order valence-electron chi connectivity index (χ1n) is 6.12. The number of halogens is 1.